The summed E-state index contributed by atoms with van der Waals surface area (Å²) in [5.41, 5.74) is 3.08. The molecule has 15 nitrogen and oxygen atoms in total. The van der Waals surface area contributed by atoms with Gasteiger partial charge in [-0.05, 0) is 94.5 Å². The van der Waals surface area contributed by atoms with E-state index in [-0.39, 0.29) is 53.1 Å². The summed E-state index contributed by atoms with van der Waals surface area (Å²) >= 11 is 12.1. The summed E-state index contributed by atoms with van der Waals surface area (Å²) in [5.74, 6) is -2.08. The molecule has 284 valence electrons. The zero-order valence-corrected chi connectivity index (χ0v) is 31.6. The quantitative estimate of drug-likeness (QED) is 0.159. The third kappa shape index (κ3) is 9.49. The minimum Gasteiger partial charge on any atom is -0.462 e. The number of carbonyl (C=O) groups is 5. The Labute approximate surface area is 320 Å². The molecule has 2 aliphatic heterocycles. The molecule has 0 bridgehead atoms. The Hall–Kier alpha value is -5.16. The topological polar surface area (TPSA) is 200 Å². The summed E-state index contributed by atoms with van der Waals surface area (Å²) in [4.78, 5) is 70.2. The number of urea groups is 1. The van der Waals surface area contributed by atoms with Crippen LogP contribution in [0.2, 0.25) is 5.02 Å². The fourth-order valence-corrected chi connectivity index (χ4v) is 7.05. The Bertz CT molecular complexity index is 2140. The van der Waals surface area contributed by atoms with Crippen LogP contribution in [-0.4, -0.2) is 74.1 Å². The lowest BCUT2D eigenvalue weighted by atomic mass is 9.93. The van der Waals surface area contributed by atoms with Gasteiger partial charge in [-0.2, -0.15) is 0 Å². The number of anilines is 2. The summed E-state index contributed by atoms with van der Waals surface area (Å²) in [6.07, 6.45) is 4.03. The van der Waals surface area contributed by atoms with Crippen LogP contribution in [-0.2, 0) is 38.6 Å². The van der Waals surface area contributed by atoms with E-state index in [1.165, 1.54) is 35.2 Å². The van der Waals surface area contributed by atoms with Gasteiger partial charge in [-0.3, -0.25) is 14.9 Å². The number of hydrogen-bond acceptors (Lipinski definition) is 12. The van der Waals surface area contributed by atoms with Crippen molar-refractivity contribution in [1.29, 1.82) is 0 Å². The smallest absolute Gasteiger partial charge is 0.349 e. The van der Waals surface area contributed by atoms with Crippen molar-refractivity contribution in [3.63, 3.8) is 0 Å². The lowest BCUT2D eigenvalue weighted by Crippen LogP contribution is -2.39. The van der Waals surface area contributed by atoms with Crippen LogP contribution in [0.1, 0.15) is 59.9 Å². The summed E-state index contributed by atoms with van der Waals surface area (Å²) in [5, 5.41) is 2.47. The van der Waals surface area contributed by atoms with Crippen LogP contribution in [0.15, 0.2) is 69.6 Å². The molecule has 2 N–H and O–H groups in total. The first-order valence-corrected chi connectivity index (χ1v) is 18.9. The van der Waals surface area contributed by atoms with E-state index in [9.17, 15) is 32.4 Å². The molecule has 3 aromatic rings. The highest BCUT2D eigenvalue weighted by atomic mass is 35.5. The molecule has 0 saturated carbocycles. The third-order valence-electron chi connectivity index (χ3n) is 8.09. The van der Waals surface area contributed by atoms with Crippen molar-refractivity contribution in [2.75, 3.05) is 30.0 Å². The molecule has 4 amide bonds. The van der Waals surface area contributed by atoms with Crippen LogP contribution < -0.4 is 14.9 Å². The average Bonchev–Trinajstić information content (AvgIpc) is 3.36. The Kier molecular flexibility index (Phi) is 12.8. The van der Waals surface area contributed by atoms with E-state index < -0.39 is 34.1 Å². The van der Waals surface area contributed by atoms with E-state index in [1.807, 2.05) is 4.72 Å². The first-order chi connectivity index (χ1) is 25.7. The Balaban J connectivity index is 0.000000208. The first kappa shape index (κ1) is 40.0. The number of esters is 2. The van der Waals surface area contributed by atoms with Crippen molar-refractivity contribution in [1.82, 2.24) is 14.7 Å². The predicted octanol–water partition coefficient (Wildman–Crippen LogP) is 5.39. The van der Waals surface area contributed by atoms with Crippen LogP contribution in [0, 0.1) is 13.8 Å². The van der Waals surface area contributed by atoms with E-state index in [2.05, 4.69) is 15.3 Å². The molecule has 0 spiro atoms. The van der Waals surface area contributed by atoms with Crippen molar-refractivity contribution in [3.8, 4) is 0 Å². The van der Waals surface area contributed by atoms with Gasteiger partial charge in [0.2, 0.25) is 5.95 Å². The van der Waals surface area contributed by atoms with Gasteiger partial charge in [0.15, 0.2) is 0 Å². The largest absolute Gasteiger partial charge is 0.462 e. The van der Waals surface area contributed by atoms with Crippen molar-refractivity contribution < 1.29 is 46.6 Å². The number of aryl methyl sites for hydroxylation is 2. The molecular formula is C36H35Cl2N5O10S. The fraction of sp³-hybridized carbons (Fsp3) is 0.306. The molecule has 2 aromatic carbocycles. The van der Waals surface area contributed by atoms with Crippen molar-refractivity contribution in [2.45, 2.75) is 57.5 Å². The second kappa shape index (κ2) is 17.3. The van der Waals surface area contributed by atoms with E-state index in [0.717, 1.165) is 12.8 Å². The molecular weight excluding hydrogens is 765 g/mol. The van der Waals surface area contributed by atoms with Gasteiger partial charge in [0.25, 0.3) is 21.8 Å². The predicted molar refractivity (Wildman–Crippen MR) is 197 cm³/mol. The van der Waals surface area contributed by atoms with E-state index in [0.29, 0.717) is 51.6 Å². The molecule has 0 atom stereocenters. The van der Waals surface area contributed by atoms with Gasteiger partial charge in [-0.1, -0.05) is 35.3 Å². The standard InChI is InChI=1S/C19H17Cl2NO4.C17H18N4O6S/c1-2-26-19(25)16(21)10-11-9-12(7-8-15(11)20)22-17(23)13-5-3-4-6-14(13)18(22)24;1-10-7-11(2)19-16(18-10)20-17(23)21-28(24,25)14-6-4-3-5-13(14)15(22)27-12-8-26-9-12/h7-10H,2-6H2,1H3;3-7,12H,8-9H2,1-2H3,(H2,18,19,20,21,23)/b16-10-;. The molecule has 3 aliphatic rings. The van der Waals surface area contributed by atoms with Gasteiger partial charge in [0.1, 0.15) is 16.0 Å². The maximum absolute atomic E-state index is 12.7. The average molecular weight is 801 g/mol. The fourth-order valence-electron chi connectivity index (χ4n) is 5.60. The molecule has 0 radical (unpaired) electrons. The van der Waals surface area contributed by atoms with Gasteiger partial charge in [0, 0.05) is 27.6 Å². The normalized spacial score (nSPS) is 15.8. The van der Waals surface area contributed by atoms with Crippen LogP contribution >= 0.6 is 23.2 Å². The number of halogens is 2. The zero-order valence-electron chi connectivity index (χ0n) is 29.3. The van der Waals surface area contributed by atoms with E-state index in [4.69, 9.17) is 37.4 Å². The molecule has 18 heteroatoms. The van der Waals surface area contributed by atoms with Crippen molar-refractivity contribution >= 4 is 80.7 Å². The summed E-state index contributed by atoms with van der Waals surface area (Å²) < 4.78 is 42.0. The minimum atomic E-state index is -4.35. The Morgan fingerprint density at radius 3 is 2.20 bits per heavy atom. The highest BCUT2D eigenvalue weighted by Crippen LogP contribution is 2.37. The van der Waals surface area contributed by atoms with Gasteiger partial charge in [-0.15, -0.1) is 0 Å². The van der Waals surface area contributed by atoms with Crippen molar-refractivity contribution in [2.24, 2.45) is 0 Å². The molecule has 1 saturated heterocycles. The number of nitrogens with zero attached hydrogens (tertiary/aromatic N) is 3. The number of amides is 4. The Morgan fingerprint density at radius 1 is 0.981 bits per heavy atom. The lowest BCUT2D eigenvalue weighted by molar-refractivity contribution is -0.137. The number of ether oxygens (including phenoxy) is 3. The van der Waals surface area contributed by atoms with E-state index in [1.54, 1.807) is 45.0 Å². The maximum atomic E-state index is 12.7. The first-order valence-electron chi connectivity index (χ1n) is 16.7. The van der Waals surface area contributed by atoms with Crippen LogP contribution in [0.5, 0.6) is 0 Å². The Morgan fingerprint density at radius 2 is 1.61 bits per heavy atom. The number of carbonyl (C=O) groups excluding carboxylic acids is 5. The summed E-state index contributed by atoms with van der Waals surface area (Å²) in [6, 6.07) is 10.8. The molecule has 1 aromatic heterocycles. The van der Waals surface area contributed by atoms with Gasteiger partial charge < -0.3 is 14.2 Å². The van der Waals surface area contributed by atoms with Gasteiger partial charge in [-0.25, -0.2) is 42.4 Å². The number of sulfonamides is 1. The maximum Gasteiger partial charge on any atom is 0.349 e. The molecule has 1 aliphatic carbocycles. The van der Waals surface area contributed by atoms with Crippen molar-refractivity contribution in [3.05, 3.63) is 92.2 Å². The molecule has 6 rings (SSSR count). The number of hydrogen-bond donors (Lipinski definition) is 2. The number of rotatable bonds is 9. The summed E-state index contributed by atoms with van der Waals surface area (Å²) in [6.45, 7) is 5.82. The lowest BCUT2D eigenvalue weighted by Gasteiger charge is -2.25. The highest BCUT2D eigenvalue weighted by Gasteiger charge is 2.39. The second-order valence-electron chi connectivity index (χ2n) is 12.1. The number of aromatic nitrogens is 2. The third-order valence-corrected chi connectivity index (χ3v) is 10.1. The number of nitrogens with one attached hydrogen (secondary N) is 2. The number of benzene rings is 2. The monoisotopic (exact) mass is 799 g/mol. The molecule has 54 heavy (non-hydrogen) atoms. The SMILES string of the molecule is CCOC(=O)/C(Cl)=C/c1cc(N2C(=O)C3=C(CCCC3)C2=O)ccc1Cl.Cc1cc(C)nc(NC(=O)NS(=O)(=O)c2ccccc2C(=O)OC2COC2)n1. The minimum absolute atomic E-state index is 0.0390. The summed E-state index contributed by atoms with van der Waals surface area (Å²) in [7, 11) is -4.35. The van der Waals surface area contributed by atoms with Crippen LogP contribution in [0.25, 0.3) is 6.08 Å². The molecule has 1 fully saturated rings. The highest BCUT2D eigenvalue weighted by molar-refractivity contribution is 7.90. The van der Waals surface area contributed by atoms with Gasteiger partial charge in [0.05, 0.1) is 31.1 Å². The van der Waals surface area contributed by atoms with Crippen LogP contribution in [0.4, 0.5) is 16.4 Å². The van der Waals surface area contributed by atoms with Gasteiger partial charge >= 0.3 is 18.0 Å². The molecule has 0 unspecified atom stereocenters. The van der Waals surface area contributed by atoms with Crippen LogP contribution in [0.3, 0.4) is 0 Å². The van der Waals surface area contributed by atoms with E-state index >= 15 is 0 Å². The number of imide groups is 1. The molecule has 3 heterocycles. The zero-order chi connectivity index (χ0) is 39.2. The second-order valence-corrected chi connectivity index (χ2v) is 14.6.